The van der Waals surface area contributed by atoms with E-state index in [9.17, 15) is 19.2 Å². The van der Waals surface area contributed by atoms with E-state index in [1.54, 1.807) is 18.2 Å². The highest BCUT2D eigenvalue weighted by Gasteiger charge is 2.48. The fraction of sp³-hybridized carbons (Fsp3) is 0.429. The van der Waals surface area contributed by atoms with E-state index >= 15 is 0 Å². The van der Waals surface area contributed by atoms with Gasteiger partial charge in [0.25, 0.3) is 11.8 Å². The highest BCUT2D eigenvalue weighted by Crippen LogP contribution is 2.43. The number of fused-ring (bicyclic) bond motifs is 1. The zero-order chi connectivity index (χ0) is 20.2. The monoisotopic (exact) mass is 394 g/mol. The molecule has 4 aliphatic rings. The molecule has 1 N–H and O–H groups in total. The van der Waals surface area contributed by atoms with E-state index in [0.717, 1.165) is 17.7 Å². The maximum atomic E-state index is 12.8. The number of rotatable bonds is 1. The Bertz CT molecular complexity index is 1010. The Labute approximate surface area is 166 Å². The van der Waals surface area contributed by atoms with Gasteiger partial charge in [-0.3, -0.25) is 29.4 Å². The molecule has 1 atom stereocenters. The third-order valence-electron chi connectivity index (χ3n) is 5.79. The summed E-state index contributed by atoms with van der Waals surface area (Å²) in [5, 5.41) is 2.18. The van der Waals surface area contributed by atoms with Gasteiger partial charge in [0.05, 0.1) is 24.3 Å². The van der Waals surface area contributed by atoms with Gasteiger partial charge in [0.2, 0.25) is 11.8 Å². The summed E-state index contributed by atoms with van der Waals surface area (Å²) in [7, 11) is 0. The number of carbonyl (C=O) groups is 4. The lowest BCUT2D eigenvalue weighted by Crippen LogP contribution is -2.54. The summed E-state index contributed by atoms with van der Waals surface area (Å²) in [5.74, 6) is 3.87. The second-order valence-corrected chi connectivity index (χ2v) is 7.69. The maximum absolute atomic E-state index is 12.8. The number of benzene rings is 1. The minimum Gasteiger partial charge on any atom is -0.347 e. The molecule has 4 amide bonds. The molecule has 1 aliphatic carbocycles. The van der Waals surface area contributed by atoms with Crippen molar-refractivity contribution in [3.8, 4) is 11.8 Å². The van der Waals surface area contributed by atoms with Gasteiger partial charge in [-0.2, -0.15) is 0 Å². The van der Waals surface area contributed by atoms with E-state index in [1.807, 2.05) is 0 Å². The van der Waals surface area contributed by atoms with Crippen LogP contribution in [-0.2, 0) is 19.1 Å². The summed E-state index contributed by atoms with van der Waals surface area (Å²) in [4.78, 5) is 49.9. The molecule has 1 aromatic carbocycles. The molecule has 8 nitrogen and oxygen atoms in total. The van der Waals surface area contributed by atoms with Crippen molar-refractivity contribution in [1.82, 2.24) is 10.2 Å². The van der Waals surface area contributed by atoms with Crippen LogP contribution in [-0.4, -0.2) is 53.6 Å². The van der Waals surface area contributed by atoms with Gasteiger partial charge in [-0.1, -0.05) is 11.8 Å². The standard InChI is InChI=1S/C21H18N2O6/c24-17-6-5-16(18(25)22-17)23-19(26)14-4-3-12(9-15(14)20(23)27)1-2-13-10-21(11-13)28-7-8-29-21/h3-4,9,13,16H,5-8,10-11H2,(H,22,24,25). The Kier molecular flexibility index (Phi) is 4.05. The van der Waals surface area contributed by atoms with Crippen LogP contribution < -0.4 is 5.32 Å². The SMILES string of the molecule is O=C1CCC(N2C(=O)c3ccc(C#CC4CC5(C4)OCCO5)cc3C2=O)C(=O)N1. The Balaban J connectivity index is 1.33. The molecule has 1 spiro atoms. The lowest BCUT2D eigenvalue weighted by Gasteiger charge is -2.40. The molecule has 1 aromatic rings. The number of carbonyl (C=O) groups excluding carboxylic acids is 4. The topological polar surface area (TPSA) is 102 Å². The van der Waals surface area contributed by atoms with Crippen LogP contribution in [0.1, 0.15) is 52.0 Å². The van der Waals surface area contributed by atoms with Crippen LogP contribution in [0.5, 0.6) is 0 Å². The highest BCUT2D eigenvalue weighted by atomic mass is 16.7. The average Bonchev–Trinajstić information content (AvgIpc) is 3.25. The lowest BCUT2D eigenvalue weighted by atomic mass is 9.79. The van der Waals surface area contributed by atoms with E-state index < -0.39 is 35.5 Å². The first-order valence-corrected chi connectivity index (χ1v) is 9.61. The molecule has 1 unspecified atom stereocenters. The van der Waals surface area contributed by atoms with Gasteiger partial charge >= 0.3 is 0 Å². The summed E-state index contributed by atoms with van der Waals surface area (Å²) >= 11 is 0. The Hall–Kier alpha value is -3.02. The van der Waals surface area contributed by atoms with Crippen molar-refractivity contribution in [2.75, 3.05) is 13.2 Å². The highest BCUT2D eigenvalue weighted by molar-refractivity contribution is 6.23. The maximum Gasteiger partial charge on any atom is 0.262 e. The summed E-state index contributed by atoms with van der Waals surface area (Å²) in [6, 6.07) is 3.89. The smallest absolute Gasteiger partial charge is 0.262 e. The number of piperidine rings is 1. The first-order chi connectivity index (χ1) is 14.0. The van der Waals surface area contributed by atoms with Gasteiger partial charge in [0.15, 0.2) is 5.79 Å². The zero-order valence-corrected chi connectivity index (χ0v) is 15.5. The molecule has 148 valence electrons. The van der Waals surface area contributed by atoms with Crippen molar-refractivity contribution < 1.29 is 28.7 Å². The van der Waals surface area contributed by atoms with Crippen molar-refractivity contribution in [2.24, 2.45) is 5.92 Å². The van der Waals surface area contributed by atoms with Gasteiger partial charge < -0.3 is 9.47 Å². The number of ether oxygens (including phenoxy) is 2. The molecule has 29 heavy (non-hydrogen) atoms. The molecule has 0 aromatic heterocycles. The van der Waals surface area contributed by atoms with Crippen LogP contribution >= 0.6 is 0 Å². The summed E-state index contributed by atoms with van der Waals surface area (Å²) in [6.07, 6.45) is 1.69. The van der Waals surface area contributed by atoms with Gasteiger partial charge in [0, 0.05) is 30.7 Å². The van der Waals surface area contributed by atoms with Crippen LogP contribution in [0.4, 0.5) is 0 Å². The molecule has 0 radical (unpaired) electrons. The van der Waals surface area contributed by atoms with Crippen molar-refractivity contribution in [3.63, 3.8) is 0 Å². The minimum absolute atomic E-state index is 0.0941. The van der Waals surface area contributed by atoms with Gasteiger partial charge in [0.1, 0.15) is 6.04 Å². The Morgan fingerprint density at radius 3 is 2.48 bits per heavy atom. The van der Waals surface area contributed by atoms with E-state index in [-0.39, 0.29) is 29.9 Å². The third kappa shape index (κ3) is 2.94. The molecule has 3 heterocycles. The van der Waals surface area contributed by atoms with Crippen LogP contribution in [0.25, 0.3) is 0 Å². The molecule has 1 saturated carbocycles. The van der Waals surface area contributed by atoms with E-state index in [4.69, 9.17) is 9.47 Å². The number of imide groups is 2. The number of hydrogen-bond donors (Lipinski definition) is 1. The first kappa shape index (κ1) is 18.0. The largest absolute Gasteiger partial charge is 0.347 e. The molecule has 0 bridgehead atoms. The number of nitrogens with one attached hydrogen (secondary N) is 1. The number of amides is 4. The summed E-state index contributed by atoms with van der Waals surface area (Å²) in [6.45, 7) is 1.23. The second-order valence-electron chi connectivity index (χ2n) is 7.69. The van der Waals surface area contributed by atoms with Crippen LogP contribution in [0.2, 0.25) is 0 Å². The van der Waals surface area contributed by atoms with Gasteiger partial charge in [-0.05, 0) is 24.6 Å². The van der Waals surface area contributed by atoms with Crippen LogP contribution in [0.3, 0.4) is 0 Å². The van der Waals surface area contributed by atoms with Gasteiger partial charge in [-0.25, -0.2) is 0 Å². The quantitative estimate of drug-likeness (QED) is 0.553. The van der Waals surface area contributed by atoms with Crippen molar-refractivity contribution in [1.29, 1.82) is 0 Å². The third-order valence-corrected chi connectivity index (χ3v) is 5.79. The Morgan fingerprint density at radius 1 is 1.03 bits per heavy atom. The van der Waals surface area contributed by atoms with E-state index in [2.05, 4.69) is 17.2 Å². The molecule has 2 saturated heterocycles. The van der Waals surface area contributed by atoms with Gasteiger partial charge in [-0.15, -0.1) is 0 Å². The second kappa shape index (κ2) is 6.51. The predicted molar refractivity (Wildman–Crippen MR) is 97.4 cm³/mol. The van der Waals surface area contributed by atoms with Crippen molar-refractivity contribution in [3.05, 3.63) is 34.9 Å². The number of hydrogen-bond acceptors (Lipinski definition) is 6. The molecular weight excluding hydrogens is 376 g/mol. The normalized spacial score (nSPS) is 25.5. The fourth-order valence-corrected chi connectivity index (χ4v) is 4.26. The first-order valence-electron chi connectivity index (χ1n) is 9.61. The molecule has 3 fully saturated rings. The van der Waals surface area contributed by atoms with Crippen molar-refractivity contribution in [2.45, 2.75) is 37.5 Å². The average molecular weight is 394 g/mol. The predicted octanol–water partition coefficient (Wildman–Crippen LogP) is 0.592. The van der Waals surface area contributed by atoms with Crippen LogP contribution in [0.15, 0.2) is 18.2 Å². The van der Waals surface area contributed by atoms with Crippen LogP contribution in [0, 0.1) is 17.8 Å². The zero-order valence-electron chi connectivity index (χ0n) is 15.5. The van der Waals surface area contributed by atoms with E-state index in [0.29, 0.717) is 18.8 Å². The molecule has 5 rings (SSSR count). The van der Waals surface area contributed by atoms with E-state index in [1.165, 1.54) is 0 Å². The molecule has 3 aliphatic heterocycles. The van der Waals surface area contributed by atoms with Crippen molar-refractivity contribution >= 4 is 23.6 Å². The molecular formula is C21H18N2O6. The lowest BCUT2D eigenvalue weighted by molar-refractivity contribution is -0.220. The summed E-state index contributed by atoms with van der Waals surface area (Å²) in [5.41, 5.74) is 1.11. The Morgan fingerprint density at radius 2 is 1.76 bits per heavy atom. The fourth-order valence-electron chi connectivity index (χ4n) is 4.26. The summed E-state index contributed by atoms with van der Waals surface area (Å²) < 4.78 is 11.2. The molecule has 8 heteroatoms. The number of nitrogens with zero attached hydrogens (tertiary/aromatic N) is 1. The minimum atomic E-state index is -0.966.